The average Bonchev–Trinajstić information content (AvgIpc) is 3.16. The minimum Gasteiger partial charge on any atom is -0.356 e. The fourth-order valence-electron chi connectivity index (χ4n) is 2.40. The first kappa shape index (κ1) is 18.7. The summed E-state index contributed by atoms with van der Waals surface area (Å²) in [5, 5.41) is 6.29. The molecule has 27 heavy (non-hydrogen) atoms. The topological polar surface area (TPSA) is 89.3 Å². The molecule has 0 aliphatic carbocycles. The van der Waals surface area contributed by atoms with Gasteiger partial charge in [-0.25, -0.2) is 8.42 Å². The number of halogens is 2. The van der Waals surface area contributed by atoms with Gasteiger partial charge < -0.3 is 9.84 Å². The highest BCUT2D eigenvalue weighted by Gasteiger charge is 2.30. The van der Waals surface area contributed by atoms with Gasteiger partial charge in [-0.15, -0.1) is 0 Å². The summed E-state index contributed by atoms with van der Waals surface area (Å²) in [6.07, 6.45) is 0. The normalized spacial score (nSPS) is 11.5. The van der Waals surface area contributed by atoms with Gasteiger partial charge in [0.1, 0.15) is 5.69 Å². The summed E-state index contributed by atoms with van der Waals surface area (Å²) in [5.41, 5.74) is 0.844. The molecule has 140 valence electrons. The third-order valence-electron chi connectivity index (χ3n) is 3.72. The number of rotatable bonds is 6. The molecular formula is C18H14F2N2O4S. The van der Waals surface area contributed by atoms with Crippen LogP contribution in [0.5, 0.6) is 0 Å². The predicted molar refractivity (Wildman–Crippen MR) is 92.7 cm³/mol. The van der Waals surface area contributed by atoms with Crippen LogP contribution in [-0.2, 0) is 16.4 Å². The minimum absolute atomic E-state index is 0.0573. The molecule has 0 bridgehead atoms. The summed E-state index contributed by atoms with van der Waals surface area (Å²) in [6.45, 7) is -0.0573. The molecule has 0 spiro atoms. The van der Waals surface area contributed by atoms with Crippen LogP contribution in [0.4, 0.5) is 8.78 Å². The summed E-state index contributed by atoms with van der Waals surface area (Å²) in [6, 6.07) is 15.6. The van der Waals surface area contributed by atoms with Gasteiger partial charge in [0.15, 0.2) is 5.76 Å². The lowest BCUT2D eigenvalue weighted by Gasteiger charge is -2.09. The smallest absolute Gasteiger partial charge is 0.341 e. The number of alkyl halides is 2. The molecule has 0 atom stereocenters. The molecule has 1 N–H and O–H groups in total. The van der Waals surface area contributed by atoms with Crippen LogP contribution in [-0.4, -0.2) is 25.2 Å². The highest BCUT2D eigenvalue weighted by atomic mass is 32.2. The summed E-state index contributed by atoms with van der Waals surface area (Å²) in [5.74, 6) is -3.92. The van der Waals surface area contributed by atoms with E-state index in [2.05, 4.69) is 10.5 Å². The number of benzene rings is 2. The maximum Gasteiger partial charge on any atom is 0.341 e. The molecule has 1 heterocycles. The van der Waals surface area contributed by atoms with E-state index in [0.29, 0.717) is 11.5 Å². The van der Waals surface area contributed by atoms with Gasteiger partial charge in [0.2, 0.25) is 9.84 Å². The van der Waals surface area contributed by atoms with Crippen molar-refractivity contribution in [3.63, 3.8) is 0 Å². The number of carbonyl (C=O) groups is 1. The van der Waals surface area contributed by atoms with Gasteiger partial charge >= 0.3 is 5.76 Å². The van der Waals surface area contributed by atoms with Crippen molar-refractivity contribution in [2.75, 3.05) is 0 Å². The molecule has 0 aliphatic heterocycles. The third-order valence-corrected chi connectivity index (χ3v) is 5.16. The first-order valence-electron chi connectivity index (χ1n) is 7.80. The maximum atomic E-state index is 12.8. The lowest BCUT2D eigenvalue weighted by Crippen LogP contribution is -2.26. The molecule has 0 radical (unpaired) electrons. The van der Waals surface area contributed by atoms with E-state index in [4.69, 9.17) is 4.52 Å². The van der Waals surface area contributed by atoms with Gasteiger partial charge in [-0.2, -0.15) is 8.78 Å². The van der Waals surface area contributed by atoms with Crippen LogP contribution in [0.15, 0.2) is 70.1 Å². The van der Waals surface area contributed by atoms with Gasteiger partial charge in [0, 0.05) is 11.6 Å². The Balaban J connectivity index is 1.75. The second kappa shape index (κ2) is 7.67. The van der Waals surface area contributed by atoms with Crippen molar-refractivity contribution in [1.82, 2.24) is 10.5 Å². The van der Waals surface area contributed by atoms with Crippen LogP contribution in [0.1, 0.15) is 16.1 Å². The average molecular weight is 392 g/mol. The summed E-state index contributed by atoms with van der Waals surface area (Å²) in [7, 11) is -4.90. The van der Waals surface area contributed by atoms with Crippen LogP contribution in [0.2, 0.25) is 0 Å². The number of nitrogens with zero attached hydrogens (tertiary/aromatic N) is 1. The van der Waals surface area contributed by atoms with Crippen molar-refractivity contribution in [2.45, 2.75) is 17.2 Å². The largest absolute Gasteiger partial charge is 0.356 e. The fraction of sp³-hybridized carbons (Fsp3) is 0.111. The van der Waals surface area contributed by atoms with E-state index in [1.54, 1.807) is 6.07 Å². The molecule has 3 aromatic rings. The van der Waals surface area contributed by atoms with Crippen molar-refractivity contribution < 1.29 is 26.5 Å². The molecule has 6 nitrogen and oxygen atoms in total. The monoisotopic (exact) mass is 392 g/mol. The molecule has 0 saturated carbocycles. The van der Waals surface area contributed by atoms with E-state index in [0.717, 1.165) is 11.6 Å². The van der Waals surface area contributed by atoms with Crippen molar-refractivity contribution >= 4 is 15.7 Å². The van der Waals surface area contributed by atoms with Crippen LogP contribution in [0, 0.1) is 0 Å². The van der Waals surface area contributed by atoms with E-state index < -0.39 is 26.4 Å². The number of nitrogens with one attached hydrogen (secondary N) is 1. The number of sulfone groups is 1. The van der Waals surface area contributed by atoms with Crippen LogP contribution < -0.4 is 5.32 Å². The third kappa shape index (κ3) is 4.03. The standard InChI is InChI=1S/C18H14F2N2O4S/c19-18(20)27(24,25)16-9-5-4-8-14(16)17(23)21-11-13-10-15(26-22-13)12-6-2-1-3-7-12/h1-10,18H,11H2,(H,21,23). The second-order valence-corrected chi connectivity index (χ2v) is 7.42. The molecule has 1 aromatic heterocycles. The van der Waals surface area contributed by atoms with Crippen molar-refractivity contribution in [1.29, 1.82) is 0 Å². The van der Waals surface area contributed by atoms with Crippen molar-refractivity contribution in [3.05, 3.63) is 71.9 Å². The number of hydrogen-bond donors (Lipinski definition) is 1. The first-order chi connectivity index (χ1) is 12.9. The Morgan fingerprint density at radius 1 is 1.07 bits per heavy atom. The first-order valence-corrected chi connectivity index (χ1v) is 9.34. The van der Waals surface area contributed by atoms with Crippen LogP contribution in [0.25, 0.3) is 11.3 Å². The summed E-state index contributed by atoms with van der Waals surface area (Å²) >= 11 is 0. The van der Waals surface area contributed by atoms with Crippen LogP contribution >= 0.6 is 0 Å². The fourth-order valence-corrected chi connectivity index (χ4v) is 3.33. The Labute approximate surface area is 153 Å². The molecule has 2 aromatic carbocycles. The zero-order valence-corrected chi connectivity index (χ0v) is 14.6. The van der Waals surface area contributed by atoms with Gasteiger partial charge in [-0.1, -0.05) is 47.6 Å². The second-order valence-electron chi connectivity index (χ2n) is 5.53. The molecule has 0 unspecified atom stereocenters. The lowest BCUT2D eigenvalue weighted by molar-refractivity contribution is 0.0946. The Morgan fingerprint density at radius 2 is 1.74 bits per heavy atom. The Kier molecular flexibility index (Phi) is 5.31. The van der Waals surface area contributed by atoms with Crippen molar-refractivity contribution in [2.24, 2.45) is 0 Å². The Bertz CT molecular complexity index is 1050. The van der Waals surface area contributed by atoms with Gasteiger partial charge in [0.25, 0.3) is 5.91 Å². The molecule has 1 amide bonds. The number of amides is 1. The minimum atomic E-state index is -4.90. The summed E-state index contributed by atoms with van der Waals surface area (Å²) in [4.78, 5) is 11.6. The Hall–Kier alpha value is -3.07. The zero-order chi connectivity index (χ0) is 19.4. The van der Waals surface area contributed by atoms with E-state index in [-0.39, 0.29) is 12.1 Å². The maximum absolute atomic E-state index is 12.8. The molecule has 3 rings (SSSR count). The number of carbonyl (C=O) groups excluding carboxylic acids is 1. The lowest BCUT2D eigenvalue weighted by atomic mass is 10.1. The number of aromatic nitrogens is 1. The van der Waals surface area contributed by atoms with E-state index in [1.807, 2.05) is 30.3 Å². The predicted octanol–water partition coefficient (Wildman–Crippen LogP) is 3.27. The van der Waals surface area contributed by atoms with Gasteiger partial charge in [-0.3, -0.25) is 4.79 Å². The van der Waals surface area contributed by atoms with E-state index in [9.17, 15) is 22.0 Å². The summed E-state index contributed by atoms with van der Waals surface area (Å²) < 4.78 is 54.3. The molecule has 0 saturated heterocycles. The van der Waals surface area contributed by atoms with Crippen LogP contribution in [0.3, 0.4) is 0 Å². The molecule has 0 aliphatic rings. The quantitative estimate of drug-likeness (QED) is 0.695. The van der Waals surface area contributed by atoms with E-state index >= 15 is 0 Å². The number of hydrogen-bond acceptors (Lipinski definition) is 5. The van der Waals surface area contributed by atoms with Gasteiger partial charge in [0.05, 0.1) is 17.0 Å². The molecular weight excluding hydrogens is 378 g/mol. The van der Waals surface area contributed by atoms with Gasteiger partial charge in [-0.05, 0) is 12.1 Å². The highest BCUT2D eigenvalue weighted by Crippen LogP contribution is 2.23. The highest BCUT2D eigenvalue weighted by molar-refractivity contribution is 7.91. The SMILES string of the molecule is O=C(NCc1cc(-c2ccccc2)on1)c1ccccc1S(=O)(=O)C(F)F. The van der Waals surface area contributed by atoms with E-state index in [1.165, 1.54) is 18.2 Å². The van der Waals surface area contributed by atoms with Crippen molar-refractivity contribution in [3.8, 4) is 11.3 Å². The zero-order valence-electron chi connectivity index (χ0n) is 13.8. The molecule has 0 fully saturated rings. The molecule has 9 heteroatoms. The Morgan fingerprint density at radius 3 is 2.44 bits per heavy atom.